The van der Waals surface area contributed by atoms with Crippen LogP contribution in [0.2, 0.25) is 0 Å². The minimum atomic E-state index is -1.49. The van der Waals surface area contributed by atoms with Crippen molar-refractivity contribution in [3.63, 3.8) is 0 Å². The molecule has 1 saturated heterocycles. The highest BCUT2D eigenvalue weighted by Gasteiger charge is 2.53. The van der Waals surface area contributed by atoms with Crippen molar-refractivity contribution in [1.29, 1.82) is 0 Å². The number of benzene rings is 2. The van der Waals surface area contributed by atoms with E-state index in [4.69, 9.17) is 42.3 Å². The van der Waals surface area contributed by atoms with Crippen molar-refractivity contribution in [3.05, 3.63) is 64.5 Å². The van der Waals surface area contributed by atoms with Crippen LogP contribution >= 0.6 is 0 Å². The molecular formula is C33H36O14. The van der Waals surface area contributed by atoms with E-state index in [0.29, 0.717) is 5.39 Å². The molecule has 1 aliphatic rings. The Morgan fingerprint density at radius 2 is 1.43 bits per heavy atom. The quantitative estimate of drug-likeness (QED) is 0.157. The number of rotatable bonds is 12. The normalized spacial score (nSPS) is 20.6. The van der Waals surface area contributed by atoms with Gasteiger partial charge in [-0.05, 0) is 31.5 Å². The first-order chi connectivity index (χ1) is 22.3. The molecule has 0 aliphatic carbocycles. The first-order valence-electron chi connectivity index (χ1n) is 14.7. The molecule has 5 atom stereocenters. The monoisotopic (exact) mass is 656 g/mol. The van der Waals surface area contributed by atoms with Gasteiger partial charge in [0.2, 0.25) is 18.1 Å². The molecule has 14 nitrogen and oxygen atoms in total. The maximum absolute atomic E-state index is 13.1. The molecule has 4 rings (SSSR count). The summed E-state index contributed by atoms with van der Waals surface area (Å²) < 4.78 is 50.9. The average molecular weight is 657 g/mol. The lowest BCUT2D eigenvalue weighted by molar-refractivity contribution is -0.288. The maximum Gasteiger partial charge on any atom is 0.383 e. The number of carbonyl (C=O) groups excluding carboxylic acids is 4. The summed E-state index contributed by atoms with van der Waals surface area (Å²) in [5.41, 5.74) is 0.129. The zero-order chi connectivity index (χ0) is 34.2. The molecule has 2 aromatic carbocycles. The molecule has 1 fully saturated rings. The van der Waals surface area contributed by atoms with Crippen molar-refractivity contribution >= 4 is 34.8 Å². The number of carbonyl (C=O) groups is 4. The van der Waals surface area contributed by atoms with Gasteiger partial charge in [-0.2, -0.15) is 0 Å². The summed E-state index contributed by atoms with van der Waals surface area (Å²) in [5.74, 6) is -2.86. The van der Waals surface area contributed by atoms with E-state index in [1.807, 2.05) is 30.3 Å². The van der Waals surface area contributed by atoms with Crippen LogP contribution in [-0.4, -0.2) is 67.3 Å². The highest BCUT2D eigenvalue weighted by Crippen LogP contribution is 2.37. The molecule has 0 amide bonds. The van der Waals surface area contributed by atoms with Crippen LogP contribution in [0.1, 0.15) is 47.1 Å². The van der Waals surface area contributed by atoms with Crippen molar-refractivity contribution in [2.24, 2.45) is 0 Å². The van der Waals surface area contributed by atoms with Crippen LogP contribution in [0.5, 0.6) is 17.2 Å². The van der Waals surface area contributed by atoms with E-state index in [2.05, 4.69) is 0 Å². The molecule has 2 heterocycles. The molecule has 0 spiro atoms. The van der Waals surface area contributed by atoms with E-state index in [1.54, 1.807) is 19.9 Å². The third-order valence-corrected chi connectivity index (χ3v) is 6.57. The minimum absolute atomic E-state index is 0.0669. The molecule has 1 aliphatic heterocycles. The average Bonchev–Trinajstić information content (AvgIpc) is 2.98. The SMILES string of the molecule is CC(=O)OC[C@H]1O[C@H](Oc2ccc3c(OCc4ccccc4)c(OC(C)C)c(=O)oc3c2)[C@@H](OC(C)=O)[C@@H](OC(C)=O)[C@@H]1OC(C)=O. The van der Waals surface area contributed by atoms with E-state index in [1.165, 1.54) is 19.1 Å². The van der Waals surface area contributed by atoms with Crippen LogP contribution in [-0.2, 0) is 49.5 Å². The number of hydrogen-bond donors (Lipinski definition) is 0. The van der Waals surface area contributed by atoms with E-state index in [-0.39, 0.29) is 35.5 Å². The van der Waals surface area contributed by atoms with Gasteiger partial charge in [0, 0.05) is 33.8 Å². The Bertz CT molecular complexity index is 1650. The fraction of sp³-hybridized carbons (Fsp3) is 0.424. The van der Waals surface area contributed by atoms with Gasteiger partial charge in [0.25, 0.3) is 0 Å². The van der Waals surface area contributed by atoms with Crippen molar-refractivity contribution in [3.8, 4) is 17.2 Å². The number of esters is 4. The molecule has 0 bridgehead atoms. The van der Waals surface area contributed by atoms with Gasteiger partial charge in [-0.3, -0.25) is 19.2 Å². The Kier molecular flexibility index (Phi) is 11.4. The smallest absolute Gasteiger partial charge is 0.383 e. The second-order valence-corrected chi connectivity index (χ2v) is 10.8. The van der Waals surface area contributed by atoms with E-state index >= 15 is 0 Å². The Hall–Kier alpha value is -5.11. The lowest BCUT2D eigenvalue weighted by Crippen LogP contribution is -2.63. The summed E-state index contributed by atoms with van der Waals surface area (Å²) in [6.07, 6.45) is -7.29. The van der Waals surface area contributed by atoms with Gasteiger partial charge in [0.05, 0.1) is 11.5 Å². The predicted molar refractivity (Wildman–Crippen MR) is 162 cm³/mol. The van der Waals surface area contributed by atoms with Crippen LogP contribution < -0.4 is 19.8 Å². The summed E-state index contributed by atoms with van der Waals surface area (Å²) >= 11 is 0. The Balaban J connectivity index is 1.74. The zero-order valence-corrected chi connectivity index (χ0v) is 26.7. The van der Waals surface area contributed by atoms with Crippen LogP contribution in [0.4, 0.5) is 0 Å². The lowest BCUT2D eigenvalue weighted by Gasteiger charge is -2.43. The third-order valence-electron chi connectivity index (χ3n) is 6.57. The van der Waals surface area contributed by atoms with Gasteiger partial charge in [-0.1, -0.05) is 30.3 Å². The minimum Gasteiger partial charge on any atom is -0.484 e. The second-order valence-electron chi connectivity index (χ2n) is 10.8. The summed E-state index contributed by atoms with van der Waals surface area (Å²) in [6, 6.07) is 13.8. The van der Waals surface area contributed by atoms with Gasteiger partial charge >= 0.3 is 29.5 Å². The molecule has 0 radical (unpaired) electrons. The molecular weight excluding hydrogens is 620 g/mol. The third kappa shape index (κ3) is 9.22. The summed E-state index contributed by atoms with van der Waals surface area (Å²) in [7, 11) is 0. The first kappa shape index (κ1) is 34.8. The van der Waals surface area contributed by atoms with Crippen LogP contribution in [0.3, 0.4) is 0 Å². The van der Waals surface area contributed by atoms with Gasteiger partial charge in [0.15, 0.2) is 18.0 Å². The molecule has 14 heteroatoms. The standard InChI is InChI=1S/C33H36O14/c1-17(2)41-30-27(40-15-22-10-8-7-9-11-22)24-13-12-23(14-25(24)46-32(30)38)45-33-31(44-21(6)37)29(43-20(5)36)28(42-19(4)35)26(47-33)16-39-18(3)34/h7-14,17,26,28-29,31,33H,15-16H2,1-6H3/t26-,28-,29+,31+,33+/m1/s1. The van der Waals surface area contributed by atoms with Crippen LogP contribution in [0, 0.1) is 0 Å². The molecule has 252 valence electrons. The fourth-order valence-corrected chi connectivity index (χ4v) is 4.84. The van der Waals surface area contributed by atoms with E-state index in [9.17, 15) is 24.0 Å². The zero-order valence-electron chi connectivity index (χ0n) is 26.7. The highest BCUT2D eigenvalue weighted by atomic mass is 16.7. The largest absolute Gasteiger partial charge is 0.484 e. The lowest BCUT2D eigenvalue weighted by atomic mass is 9.98. The van der Waals surface area contributed by atoms with E-state index < -0.39 is 66.8 Å². The van der Waals surface area contributed by atoms with Gasteiger partial charge in [-0.15, -0.1) is 0 Å². The van der Waals surface area contributed by atoms with Crippen LogP contribution in [0.15, 0.2) is 57.7 Å². The van der Waals surface area contributed by atoms with Crippen LogP contribution in [0.25, 0.3) is 11.0 Å². The predicted octanol–water partition coefficient (Wildman–Crippen LogP) is 3.62. The number of hydrogen-bond acceptors (Lipinski definition) is 14. The molecule has 47 heavy (non-hydrogen) atoms. The van der Waals surface area contributed by atoms with Crippen molar-refractivity contribution in [1.82, 2.24) is 0 Å². The molecule has 3 aromatic rings. The van der Waals surface area contributed by atoms with Crippen molar-refractivity contribution < 1.29 is 61.5 Å². The molecule has 1 aromatic heterocycles. The first-order valence-corrected chi connectivity index (χ1v) is 14.7. The Morgan fingerprint density at radius 1 is 0.787 bits per heavy atom. The van der Waals surface area contributed by atoms with Gasteiger partial charge in [0.1, 0.15) is 30.7 Å². The van der Waals surface area contributed by atoms with Gasteiger partial charge < -0.3 is 42.3 Å². The summed E-state index contributed by atoms with van der Waals surface area (Å²) in [6.45, 7) is 7.75. The molecule has 0 N–H and O–H groups in total. The molecule has 0 unspecified atom stereocenters. The van der Waals surface area contributed by atoms with Gasteiger partial charge in [-0.25, -0.2) is 4.79 Å². The van der Waals surface area contributed by atoms with Crippen molar-refractivity contribution in [2.75, 3.05) is 6.61 Å². The molecule has 0 saturated carbocycles. The summed E-state index contributed by atoms with van der Waals surface area (Å²) in [4.78, 5) is 61.0. The number of ether oxygens (including phenoxy) is 8. The summed E-state index contributed by atoms with van der Waals surface area (Å²) in [5, 5.41) is 0.394. The topological polar surface area (TPSA) is 172 Å². The Morgan fingerprint density at radius 3 is 2.04 bits per heavy atom. The second kappa shape index (κ2) is 15.5. The van der Waals surface area contributed by atoms with Crippen molar-refractivity contribution in [2.45, 2.75) is 85.0 Å². The Labute approximate surface area is 269 Å². The van der Waals surface area contributed by atoms with E-state index in [0.717, 1.165) is 26.3 Å². The fourth-order valence-electron chi connectivity index (χ4n) is 4.84. The maximum atomic E-state index is 13.1. The highest BCUT2D eigenvalue weighted by molar-refractivity contribution is 5.86. The number of fused-ring (bicyclic) bond motifs is 1.